The van der Waals surface area contributed by atoms with Gasteiger partial charge < -0.3 is 0 Å². The Labute approximate surface area is 76.2 Å². The smallest absolute Gasteiger partial charge is 0.0244 e. The molecular formula is C10H22N2. The van der Waals surface area contributed by atoms with E-state index in [1.807, 2.05) is 6.08 Å². The van der Waals surface area contributed by atoms with E-state index in [2.05, 4.69) is 25.9 Å². The van der Waals surface area contributed by atoms with Gasteiger partial charge in [-0.25, -0.2) is 0 Å². The summed E-state index contributed by atoms with van der Waals surface area (Å²) in [6.45, 7) is 8.19. The van der Waals surface area contributed by atoms with Gasteiger partial charge in [0.15, 0.2) is 0 Å². The highest BCUT2D eigenvalue weighted by atomic mass is 15.2. The lowest BCUT2D eigenvalue weighted by Gasteiger charge is -2.13. The number of hydrogen-bond acceptors (Lipinski definition) is 2. The summed E-state index contributed by atoms with van der Waals surface area (Å²) >= 11 is 0. The van der Waals surface area contributed by atoms with Crippen molar-refractivity contribution in [3.05, 3.63) is 12.7 Å². The zero-order valence-electron chi connectivity index (χ0n) is 8.34. The zero-order chi connectivity index (χ0) is 9.40. The third-order valence-corrected chi connectivity index (χ3v) is 2.02. The van der Waals surface area contributed by atoms with E-state index in [0.29, 0.717) is 6.04 Å². The zero-order valence-corrected chi connectivity index (χ0v) is 8.34. The standard InChI is InChI=1S/C10H22N2/c1-4-6-10(12-11)8-5-7-9(2)3/h4,9-10,12H,1,5-8,11H2,2-3H3. The van der Waals surface area contributed by atoms with Gasteiger partial charge in [0.2, 0.25) is 0 Å². The third-order valence-electron chi connectivity index (χ3n) is 2.02. The molecule has 0 aliphatic heterocycles. The van der Waals surface area contributed by atoms with Crippen molar-refractivity contribution in [3.8, 4) is 0 Å². The van der Waals surface area contributed by atoms with Crippen molar-refractivity contribution >= 4 is 0 Å². The third kappa shape index (κ3) is 6.38. The summed E-state index contributed by atoms with van der Waals surface area (Å²) in [4.78, 5) is 0. The number of nitrogens with two attached hydrogens (primary N) is 1. The normalized spacial score (nSPS) is 13.3. The van der Waals surface area contributed by atoms with E-state index in [-0.39, 0.29) is 0 Å². The Bertz CT molecular complexity index is 110. The van der Waals surface area contributed by atoms with E-state index in [1.54, 1.807) is 0 Å². The molecule has 1 unspecified atom stereocenters. The monoisotopic (exact) mass is 170 g/mol. The van der Waals surface area contributed by atoms with Gasteiger partial charge in [-0.1, -0.05) is 32.8 Å². The summed E-state index contributed by atoms with van der Waals surface area (Å²) in [5.41, 5.74) is 2.81. The SMILES string of the molecule is C=CCC(CCCC(C)C)NN. The van der Waals surface area contributed by atoms with Crippen LogP contribution in [-0.2, 0) is 0 Å². The molecule has 1 atom stereocenters. The second-order valence-corrected chi connectivity index (χ2v) is 3.71. The molecule has 0 spiro atoms. The summed E-state index contributed by atoms with van der Waals surface area (Å²) < 4.78 is 0. The predicted molar refractivity (Wildman–Crippen MR) is 54.6 cm³/mol. The van der Waals surface area contributed by atoms with E-state index < -0.39 is 0 Å². The van der Waals surface area contributed by atoms with Crippen LogP contribution in [0.5, 0.6) is 0 Å². The molecule has 0 saturated carbocycles. The van der Waals surface area contributed by atoms with Crippen LogP contribution < -0.4 is 11.3 Å². The molecule has 0 radical (unpaired) electrons. The van der Waals surface area contributed by atoms with Crippen molar-refractivity contribution in [1.29, 1.82) is 0 Å². The molecule has 72 valence electrons. The van der Waals surface area contributed by atoms with Crippen LogP contribution in [0.3, 0.4) is 0 Å². The van der Waals surface area contributed by atoms with Gasteiger partial charge in [-0.05, 0) is 18.8 Å². The lowest BCUT2D eigenvalue weighted by atomic mass is 10.0. The first-order valence-corrected chi connectivity index (χ1v) is 4.77. The summed E-state index contributed by atoms with van der Waals surface area (Å²) in [5, 5.41) is 0. The Morgan fingerprint density at radius 2 is 2.08 bits per heavy atom. The van der Waals surface area contributed by atoms with Crippen LogP contribution in [0.4, 0.5) is 0 Å². The summed E-state index contributed by atoms with van der Waals surface area (Å²) in [5.74, 6) is 6.18. The van der Waals surface area contributed by atoms with Gasteiger partial charge in [-0.3, -0.25) is 11.3 Å². The maximum Gasteiger partial charge on any atom is 0.0244 e. The molecule has 0 aromatic carbocycles. The first kappa shape index (κ1) is 11.7. The van der Waals surface area contributed by atoms with Crippen LogP contribution in [0.1, 0.15) is 39.5 Å². The van der Waals surface area contributed by atoms with Crippen LogP contribution in [0.2, 0.25) is 0 Å². The molecule has 0 aromatic rings. The minimum atomic E-state index is 0.418. The molecule has 3 N–H and O–H groups in total. The molecule has 0 bridgehead atoms. The highest BCUT2D eigenvalue weighted by Crippen LogP contribution is 2.09. The van der Waals surface area contributed by atoms with E-state index in [0.717, 1.165) is 18.8 Å². The van der Waals surface area contributed by atoms with Crippen molar-refractivity contribution < 1.29 is 0 Å². The lowest BCUT2D eigenvalue weighted by molar-refractivity contribution is 0.446. The first-order chi connectivity index (χ1) is 5.70. The Kier molecular flexibility index (Phi) is 7.11. The van der Waals surface area contributed by atoms with Crippen molar-refractivity contribution in [2.24, 2.45) is 11.8 Å². The predicted octanol–water partition coefficient (Wildman–Crippen LogP) is 2.22. The first-order valence-electron chi connectivity index (χ1n) is 4.77. The van der Waals surface area contributed by atoms with Crippen LogP contribution in [0.15, 0.2) is 12.7 Å². The van der Waals surface area contributed by atoms with Gasteiger partial charge in [0, 0.05) is 6.04 Å². The quantitative estimate of drug-likeness (QED) is 0.349. The van der Waals surface area contributed by atoms with Crippen molar-refractivity contribution in [2.45, 2.75) is 45.6 Å². The molecule has 0 saturated heterocycles. The highest BCUT2D eigenvalue weighted by Gasteiger charge is 2.03. The molecule has 0 aliphatic rings. The van der Waals surface area contributed by atoms with Crippen LogP contribution >= 0.6 is 0 Å². The summed E-state index contributed by atoms with van der Waals surface area (Å²) in [7, 11) is 0. The van der Waals surface area contributed by atoms with Gasteiger partial charge in [-0.15, -0.1) is 6.58 Å². The molecule has 0 fully saturated rings. The van der Waals surface area contributed by atoms with Crippen LogP contribution in [-0.4, -0.2) is 6.04 Å². The number of hydrogen-bond donors (Lipinski definition) is 2. The van der Waals surface area contributed by atoms with Crippen molar-refractivity contribution in [3.63, 3.8) is 0 Å². The molecular weight excluding hydrogens is 148 g/mol. The molecule has 0 aliphatic carbocycles. The van der Waals surface area contributed by atoms with E-state index in [9.17, 15) is 0 Å². The van der Waals surface area contributed by atoms with Gasteiger partial charge in [-0.2, -0.15) is 0 Å². The molecule has 12 heavy (non-hydrogen) atoms. The Morgan fingerprint density at radius 1 is 1.42 bits per heavy atom. The Hall–Kier alpha value is -0.340. The van der Waals surface area contributed by atoms with Crippen molar-refractivity contribution in [2.75, 3.05) is 0 Å². The van der Waals surface area contributed by atoms with E-state index in [4.69, 9.17) is 5.84 Å². The maximum atomic E-state index is 5.38. The van der Waals surface area contributed by atoms with Gasteiger partial charge in [0.05, 0.1) is 0 Å². The van der Waals surface area contributed by atoms with E-state index >= 15 is 0 Å². The van der Waals surface area contributed by atoms with Gasteiger partial charge in [0.25, 0.3) is 0 Å². The fourth-order valence-electron chi connectivity index (χ4n) is 1.24. The molecule has 0 aromatic heterocycles. The van der Waals surface area contributed by atoms with Gasteiger partial charge >= 0.3 is 0 Å². The van der Waals surface area contributed by atoms with Crippen LogP contribution in [0.25, 0.3) is 0 Å². The molecule has 2 nitrogen and oxygen atoms in total. The Morgan fingerprint density at radius 3 is 2.50 bits per heavy atom. The van der Waals surface area contributed by atoms with Gasteiger partial charge in [0.1, 0.15) is 0 Å². The molecule has 0 heterocycles. The molecule has 0 amide bonds. The van der Waals surface area contributed by atoms with Crippen LogP contribution in [0, 0.1) is 5.92 Å². The minimum absolute atomic E-state index is 0.418. The van der Waals surface area contributed by atoms with Crippen molar-refractivity contribution in [1.82, 2.24) is 5.43 Å². The Balaban J connectivity index is 3.37. The molecule has 0 rings (SSSR count). The topological polar surface area (TPSA) is 38.0 Å². The fraction of sp³-hybridized carbons (Fsp3) is 0.800. The minimum Gasteiger partial charge on any atom is -0.271 e. The van der Waals surface area contributed by atoms with E-state index in [1.165, 1.54) is 12.8 Å². The average Bonchev–Trinajstić information content (AvgIpc) is 2.02. The average molecular weight is 170 g/mol. The highest BCUT2D eigenvalue weighted by molar-refractivity contribution is 4.76. The summed E-state index contributed by atoms with van der Waals surface area (Å²) in [6.07, 6.45) is 6.57. The number of nitrogens with one attached hydrogen (secondary N) is 1. The fourth-order valence-corrected chi connectivity index (χ4v) is 1.24. The molecule has 2 heteroatoms. The largest absolute Gasteiger partial charge is 0.271 e. The maximum absolute atomic E-state index is 5.38. The second-order valence-electron chi connectivity index (χ2n) is 3.71. The second kappa shape index (κ2) is 7.32. The number of rotatable bonds is 7. The number of hydrazine groups is 1. The lowest BCUT2D eigenvalue weighted by Crippen LogP contribution is -2.34. The summed E-state index contributed by atoms with van der Waals surface area (Å²) in [6, 6.07) is 0.418.